The van der Waals surface area contributed by atoms with Crippen molar-refractivity contribution in [2.24, 2.45) is 0 Å². The highest BCUT2D eigenvalue weighted by molar-refractivity contribution is 6.51. The summed E-state index contributed by atoms with van der Waals surface area (Å²) in [5.74, 6) is -2.92. The molecule has 180 valence electrons. The topological polar surface area (TPSA) is 66.8 Å². The Labute approximate surface area is 202 Å². The van der Waals surface area contributed by atoms with Crippen LogP contribution in [-0.4, -0.2) is 23.9 Å². The summed E-state index contributed by atoms with van der Waals surface area (Å²) in [5.41, 5.74) is 0.684. The Kier molecular flexibility index (Phi) is 6.19. The van der Waals surface area contributed by atoms with Crippen LogP contribution in [0.25, 0.3) is 5.76 Å². The van der Waals surface area contributed by atoms with Crippen LogP contribution >= 0.6 is 0 Å². The summed E-state index contributed by atoms with van der Waals surface area (Å²) in [4.78, 5) is 27.5. The van der Waals surface area contributed by atoms with E-state index in [2.05, 4.69) is 0 Å². The predicted octanol–water partition coefficient (Wildman–Crippen LogP) is 5.90. The molecule has 3 aromatic rings. The van der Waals surface area contributed by atoms with Crippen molar-refractivity contribution < 1.29 is 28.2 Å². The third-order valence-corrected chi connectivity index (χ3v) is 6.03. The lowest BCUT2D eigenvalue weighted by Gasteiger charge is -2.26. The van der Waals surface area contributed by atoms with E-state index < -0.39 is 35.1 Å². The zero-order valence-corrected chi connectivity index (χ0v) is 19.8. The minimum atomic E-state index is -1.25. The van der Waals surface area contributed by atoms with Crippen molar-refractivity contribution in [3.05, 3.63) is 101 Å². The van der Waals surface area contributed by atoms with Gasteiger partial charge in [0, 0.05) is 22.4 Å². The van der Waals surface area contributed by atoms with Gasteiger partial charge in [-0.25, -0.2) is 8.78 Å². The number of hydrogen-bond acceptors (Lipinski definition) is 4. The maximum atomic E-state index is 15.0. The van der Waals surface area contributed by atoms with Crippen LogP contribution < -0.4 is 9.64 Å². The van der Waals surface area contributed by atoms with Gasteiger partial charge in [-0.2, -0.15) is 0 Å². The highest BCUT2D eigenvalue weighted by Gasteiger charge is 2.47. The van der Waals surface area contributed by atoms with Gasteiger partial charge in [-0.15, -0.1) is 0 Å². The van der Waals surface area contributed by atoms with E-state index in [1.54, 1.807) is 24.3 Å². The smallest absolute Gasteiger partial charge is 0.300 e. The number of carbonyl (C=O) groups is 2. The zero-order chi connectivity index (χ0) is 25.5. The maximum Gasteiger partial charge on any atom is 0.300 e. The fourth-order valence-electron chi connectivity index (χ4n) is 4.29. The van der Waals surface area contributed by atoms with E-state index in [0.29, 0.717) is 5.75 Å². The summed E-state index contributed by atoms with van der Waals surface area (Å²) in [7, 11) is 1.54. The van der Waals surface area contributed by atoms with Crippen molar-refractivity contribution in [3.63, 3.8) is 0 Å². The Morgan fingerprint density at radius 3 is 2.23 bits per heavy atom. The molecular weight excluding hydrogens is 452 g/mol. The average Bonchev–Trinajstić information content (AvgIpc) is 3.08. The lowest BCUT2D eigenvalue weighted by Crippen LogP contribution is -2.29. The molecule has 0 saturated carbocycles. The number of carbonyl (C=O) groups excluding carboxylic acids is 2. The van der Waals surface area contributed by atoms with Crippen molar-refractivity contribution >= 4 is 23.1 Å². The number of ether oxygens (including phenoxy) is 1. The molecule has 0 spiro atoms. The molecule has 5 nitrogen and oxygen atoms in total. The first kappa shape index (κ1) is 24.1. The first-order valence-electron chi connectivity index (χ1n) is 11.0. The predicted molar refractivity (Wildman–Crippen MR) is 129 cm³/mol. The van der Waals surface area contributed by atoms with Gasteiger partial charge in [0.05, 0.1) is 18.7 Å². The van der Waals surface area contributed by atoms with Gasteiger partial charge >= 0.3 is 0 Å². The molecule has 1 amide bonds. The normalized spacial score (nSPS) is 17.7. The highest BCUT2D eigenvalue weighted by Crippen LogP contribution is 2.43. The Morgan fingerprint density at radius 2 is 1.63 bits per heavy atom. The fraction of sp³-hybridized carbons (Fsp3) is 0.214. The number of rotatable bonds is 4. The molecule has 1 unspecified atom stereocenters. The Morgan fingerprint density at radius 1 is 0.971 bits per heavy atom. The Balaban J connectivity index is 1.97. The molecule has 1 fully saturated rings. The summed E-state index contributed by atoms with van der Waals surface area (Å²) < 4.78 is 34.0. The van der Waals surface area contributed by atoms with Crippen molar-refractivity contribution in [1.29, 1.82) is 0 Å². The van der Waals surface area contributed by atoms with Crippen LogP contribution in [0.5, 0.6) is 5.75 Å². The van der Waals surface area contributed by atoms with E-state index >= 15 is 0 Å². The number of aliphatic hydroxyl groups excluding tert-OH is 1. The largest absolute Gasteiger partial charge is 0.507 e. The molecule has 0 bridgehead atoms. The number of Topliss-reactive ketones (excluding diaryl/α,β-unsaturated/α-hetero) is 1. The number of methoxy groups -OCH3 is 1. The number of benzene rings is 3. The Hall–Kier alpha value is -4.00. The van der Waals surface area contributed by atoms with E-state index in [0.717, 1.165) is 22.6 Å². The lowest BCUT2D eigenvalue weighted by molar-refractivity contribution is -0.132. The average molecular weight is 478 g/mol. The highest BCUT2D eigenvalue weighted by atomic mass is 19.1. The minimum absolute atomic E-state index is 0.0298. The molecule has 1 atom stereocenters. The lowest BCUT2D eigenvalue weighted by atomic mass is 9.84. The van der Waals surface area contributed by atoms with Gasteiger partial charge in [0.25, 0.3) is 11.7 Å². The molecule has 0 radical (unpaired) electrons. The molecule has 1 aliphatic heterocycles. The van der Waals surface area contributed by atoms with Crippen LogP contribution in [0.15, 0.2) is 72.3 Å². The van der Waals surface area contributed by atoms with E-state index in [1.165, 1.54) is 37.4 Å². The number of halogens is 2. The number of hydrogen-bond donors (Lipinski definition) is 1. The van der Waals surface area contributed by atoms with Gasteiger partial charge < -0.3 is 9.84 Å². The van der Waals surface area contributed by atoms with Crippen LogP contribution in [0.2, 0.25) is 0 Å². The van der Waals surface area contributed by atoms with Crippen LogP contribution in [0.1, 0.15) is 43.5 Å². The number of nitrogens with zero attached hydrogens (tertiary/aromatic N) is 1. The fourth-order valence-corrected chi connectivity index (χ4v) is 4.29. The summed E-state index contributed by atoms with van der Waals surface area (Å²) >= 11 is 0. The van der Waals surface area contributed by atoms with E-state index in [1.807, 2.05) is 20.8 Å². The summed E-state index contributed by atoms with van der Waals surface area (Å²) in [5, 5.41) is 11.4. The van der Waals surface area contributed by atoms with Crippen molar-refractivity contribution in [3.8, 4) is 5.75 Å². The van der Waals surface area contributed by atoms with Crippen molar-refractivity contribution in [2.75, 3.05) is 12.0 Å². The molecule has 1 saturated heterocycles. The third-order valence-electron chi connectivity index (χ3n) is 6.03. The second kappa shape index (κ2) is 8.98. The van der Waals surface area contributed by atoms with Crippen molar-refractivity contribution in [1.82, 2.24) is 0 Å². The molecule has 1 N–H and O–H groups in total. The summed E-state index contributed by atoms with van der Waals surface area (Å²) in [6.45, 7) is 5.92. The molecule has 1 aliphatic rings. The number of anilines is 1. The zero-order valence-electron chi connectivity index (χ0n) is 19.8. The van der Waals surface area contributed by atoms with E-state index in [4.69, 9.17) is 4.74 Å². The van der Waals surface area contributed by atoms with Crippen LogP contribution in [0.4, 0.5) is 14.5 Å². The van der Waals surface area contributed by atoms with Gasteiger partial charge in [0.1, 0.15) is 23.1 Å². The van der Waals surface area contributed by atoms with Gasteiger partial charge in [0.2, 0.25) is 0 Å². The van der Waals surface area contributed by atoms with E-state index in [9.17, 15) is 23.5 Å². The maximum absolute atomic E-state index is 15.0. The molecule has 0 aliphatic carbocycles. The van der Waals surface area contributed by atoms with Gasteiger partial charge in [-0.05, 0) is 53.9 Å². The first-order valence-corrected chi connectivity index (χ1v) is 11.0. The monoisotopic (exact) mass is 477 g/mol. The molecule has 1 heterocycles. The Bertz CT molecular complexity index is 1340. The van der Waals surface area contributed by atoms with Crippen LogP contribution in [-0.2, 0) is 15.0 Å². The van der Waals surface area contributed by atoms with Crippen LogP contribution in [0, 0.1) is 11.6 Å². The number of aliphatic hydroxyl groups is 1. The molecule has 3 aromatic carbocycles. The summed E-state index contributed by atoms with van der Waals surface area (Å²) in [6, 6.07) is 14.4. The second-order valence-corrected chi connectivity index (χ2v) is 9.33. The molecular formula is C28H25F2NO4. The number of amides is 1. The quantitative estimate of drug-likeness (QED) is 0.289. The molecule has 35 heavy (non-hydrogen) atoms. The molecule has 4 rings (SSSR count). The van der Waals surface area contributed by atoms with Gasteiger partial charge in [-0.1, -0.05) is 39.0 Å². The number of ketones is 1. The van der Waals surface area contributed by atoms with Gasteiger partial charge in [-0.3, -0.25) is 14.5 Å². The van der Waals surface area contributed by atoms with Crippen molar-refractivity contribution in [2.45, 2.75) is 32.2 Å². The summed E-state index contributed by atoms with van der Waals surface area (Å²) in [6.07, 6.45) is 0. The first-order chi connectivity index (χ1) is 16.5. The standard InChI is InChI=1S/C28H25F2NO4/c1-28(2,3)20-15-16(9-14-22(20)35-4)25(32)23-24(19-7-5-6-8-21(19)30)31(27(34)26(23)33)18-12-10-17(29)11-13-18/h5-15,24,32H,1-4H3/b25-23+. The third kappa shape index (κ3) is 4.30. The molecule has 7 heteroatoms. The van der Waals surface area contributed by atoms with Gasteiger partial charge in [0.15, 0.2) is 0 Å². The minimum Gasteiger partial charge on any atom is -0.507 e. The SMILES string of the molecule is COc1ccc(/C(O)=C2\C(=O)C(=O)N(c3ccc(F)cc3)C2c2ccccc2F)cc1C(C)(C)C. The molecule has 0 aromatic heterocycles. The second-order valence-electron chi connectivity index (χ2n) is 9.33. The van der Waals surface area contributed by atoms with E-state index in [-0.39, 0.29) is 27.8 Å². The van der Waals surface area contributed by atoms with Crippen LogP contribution in [0.3, 0.4) is 0 Å².